The monoisotopic (exact) mass is 624 g/mol. The summed E-state index contributed by atoms with van der Waals surface area (Å²) in [6.45, 7) is 4.17. The fourth-order valence-corrected chi connectivity index (χ4v) is 6.02. The fourth-order valence-electron chi connectivity index (χ4n) is 6.02. The molecule has 5 nitrogen and oxygen atoms in total. The van der Waals surface area contributed by atoms with Gasteiger partial charge in [-0.05, 0) is 32.1 Å². The van der Waals surface area contributed by atoms with Gasteiger partial charge in [0.25, 0.3) is 0 Å². The maximum Gasteiger partial charge on any atom is 0.249 e. The largest absolute Gasteiger partial charge is 0.394 e. The molecule has 0 bridgehead atoms. The topological polar surface area (TPSA) is 89.8 Å². The van der Waals surface area contributed by atoms with Gasteiger partial charge in [-0.25, -0.2) is 0 Å². The number of unbranched alkanes of at least 4 members (excludes halogenated alkanes) is 25. The summed E-state index contributed by atoms with van der Waals surface area (Å²) in [6, 6.07) is -0.721. The zero-order valence-electron chi connectivity index (χ0n) is 29.6. The van der Waals surface area contributed by atoms with Crippen molar-refractivity contribution >= 4 is 5.91 Å². The van der Waals surface area contributed by atoms with E-state index in [-0.39, 0.29) is 6.61 Å². The first-order valence-corrected chi connectivity index (χ1v) is 19.5. The molecule has 0 aromatic carbocycles. The second-order valence-corrected chi connectivity index (χ2v) is 13.5. The molecular weight excluding hydrogens is 546 g/mol. The molecule has 0 radical (unpaired) electrons. The smallest absolute Gasteiger partial charge is 0.249 e. The summed E-state index contributed by atoms with van der Waals surface area (Å²) in [5, 5.41) is 33.0. The Labute approximate surface area is 274 Å². The summed E-state index contributed by atoms with van der Waals surface area (Å²) in [5.74, 6) is -0.506. The van der Waals surface area contributed by atoms with Crippen molar-refractivity contribution in [3.8, 4) is 0 Å². The van der Waals surface area contributed by atoms with E-state index in [4.69, 9.17) is 0 Å². The number of rotatable bonds is 35. The average molecular weight is 624 g/mol. The molecule has 4 N–H and O–H groups in total. The minimum atomic E-state index is -1.12. The van der Waals surface area contributed by atoms with Gasteiger partial charge in [-0.2, -0.15) is 0 Å². The molecule has 5 heteroatoms. The van der Waals surface area contributed by atoms with Crippen LogP contribution in [0.4, 0.5) is 0 Å². The van der Waals surface area contributed by atoms with Crippen molar-refractivity contribution in [2.75, 3.05) is 6.61 Å². The van der Waals surface area contributed by atoms with Gasteiger partial charge < -0.3 is 20.6 Å². The van der Waals surface area contributed by atoms with Crippen molar-refractivity contribution in [3.63, 3.8) is 0 Å². The lowest BCUT2D eigenvalue weighted by Gasteiger charge is -2.23. The number of aliphatic hydroxyl groups is 3. The molecule has 0 aliphatic rings. The van der Waals surface area contributed by atoms with Crippen molar-refractivity contribution in [1.82, 2.24) is 5.32 Å². The highest BCUT2D eigenvalue weighted by Gasteiger charge is 2.23. The molecule has 0 spiro atoms. The molecule has 0 aliphatic carbocycles. The predicted molar refractivity (Wildman–Crippen MR) is 190 cm³/mol. The van der Waals surface area contributed by atoms with Gasteiger partial charge >= 0.3 is 0 Å². The molecule has 0 saturated heterocycles. The van der Waals surface area contributed by atoms with Crippen LogP contribution in [0.1, 0.15) is 206 Å². The molecule has 0 saturated carbocycles. The van der Waals surface area contributed by atoms with Gasteiger partial charge in [0, 0.05) is 0 Å². The maximum atomic E-state index is 12.3. The summed E-state index contributed by atoms with van der Waals surface area (Å²) < 4.78 is 0. The third-order valence-electron chi connectivity index (χ3n) is 9.14. The average Bonchev–Trinajstić information content (AvgIpc) is 3.03. The van der Waals surface area contributed by atoms with Crippen molar-refractivity contribution in [1.29, 1.82) is 0 Å². The SMILES string of the molecule is CCCCCC/C=C\CCC(O)C(=O)NC(CO)C(O)CCCCCCCCCCCCCCCCCCCCCCCC. The second kappa shape index (κ2) is 35.0. The van der Waals surface area contributed by atoms with E-state index in [1.165, 1.54) is 154 Å². The predicted octanol–water partition coefficient (Wildman–Crippen LogP) is 10.5. The molecule has 0 aromatic heterocycles. The molecular formula is C39H77NO4. The summed E-state index contributed by atoms with van der Waals surface area (Å²) >= 11 is 0. The molecule has 0 aliphatic heterocycles. The number of amides is 1. The van der Waals surface area contributed by atoms with Crippen LogP contribution in [0.5, 0.6) is 0 Å². The number of nitrogens with one attached hydrogen (secondary N) is 1. The quantitative estimate of drug-likeness (QED) is 0.0418. The second-order valence-electron chi connectivity index (χ2n) is 13.5. The molecule has 3 atom stereocenters. The van der Waals surface area contributed by atoms with Crippen LogP contribution in [0.25, 0.3) is 0 Å². The van der Waals surface area contributed by atoms with Gasteiger partial charge in [0.2, 0.25) is 5.91 Å². The Hall–Kier alpha value is -0.910. The van der Waals surface area contributed by atoms with E-state index in [0.717, 1.165) is 19.3 Å². The van der Waals surface area contributed by atoms with Crippen LogP contribution in [0.15, 0.2) is 12.2 Å². The molecule has 1 amide bonds. The van der Waals surface area contributed by atoms with Crippen LogP contribution in [0, 0.1) is 0 Å². The Balaban J connectivity index is 3.56. The summed E-state index contributed by atoms with van der Waals surface area (Å²) in [6.07, 6.45) is 39.5. The van der Waals surface area contributed by atoms with Crippen LogP contribution in [-0.4, -0.2) is 46.1 Å². The lowest BCUT2D eigenvalue weighted by molar-refractivity contribution is -0.131. The van der Waals surface area contributed by atoms with Gasteiger partial charge in [-0.3, -0.25) is 4.79 Å². The first-order chi connectivity index (χ1) is 21.6. The van der Waals surface area contributed by atoms with Crippen LogP contribution < -0.4 is 5.32 Å². The number of allylic oxidation sites excluding steroid dienone is 2. The van der Waals surface area contributed by atoms with Gasteiger partial charge in [0.15, 0.2) is 0 Å². The van der Waals surface area contributed by atoms with E-state index in [1.54, 1.807) is 0 Å². The minimum absolute atomic E-state index is 0.323. The van der Waals surface area contributed by atoms with Crippen molar-refractivity contribution in [2.45, 2.75) is 225 Å². The van der Waals surface area contributed by atoms with Crippen molar-refractivity contribution in [2.24, 2.45) is 0 Å². The molecule has 44 heavy (non-hydrogen) atoms. The van der Waals surface area contributed by atoms with Gasteiger partial charge in [-0.15, -0.1) is 0 Å². The minimum Gasteiger partial charge on any atom is -0.394 e. The van der Waals surface area contributed by atoms with Gasteiger partial charge in [0.1, 0.15) is 6.10 Å². The third kappa shape index (κ3) is 29.8. The first-order valence-electron chi connectivity index (χ1n) is 19.5. The van der Waals surface area contributed by atoms with E-state index in [2.05, 4.69) is 25.2 Å². The molecule has 0 fully saturated rings. The lowest BCUT2D eigenvalue weighted by Crippen LogP contribution is -2.49. The van der Waals surface area contributed by atoms with Crippen molar-refractivity contribution < 1.29 is 20.1 Å². The number of carbonyl (C=O) groups is 1. The first kappa shape index (κ1) is 43.1. The Morgan fingerprint density at radius 2 is 0.886 bits per heavy atom. The summed E-state index contributed by atoms with van der Waals surface area (Å²) in [4.78, 5) is 12.3. The summed E-state index contributed by atoms with van der Waals surface area (Å²) in [7, 11) is 0. The molecule has 0 heterocycles. The van der Waals surface area contributed by atoms with Gasteiger partial charge in [0.05, 0.1) is 18.8 Å². The lowest BCUT2D eigenvalue weighted by atomic mass is 10.0. The Kier molecular flexibility index (Phi) is 34.2. The van der Waals surface area contributed by atoms with E-state index < -0.39 is 24.2 Å². The van der Waals surface area contributed by atoms with Crippen LogP contribution in [0.2, 0.25) is 0 Å². The highest BCUT2D eigenvalue weighted by Crippen LogP contribution is 2.16. The number of carbonyl (C=O) groups excluding carboxylic acids is 1. The zero-order valence-corrected chi connectivity index (χ0v) is 29.6. The van der Waals surface area contributed by atoms with Crippen molar-refractivity contribution in [3.05, 3.63) is 12.2 Å². The van der Waals surface area contributed by atoms with E-state index >= 15 is 0 Å². The number of aliphatic hydroxyl groups excluding tert-OH is 3. The zero-order chi connectivity index (χ0) is 32.4. The Bertz CT molecular complexity index is 611. The van der Waals surface area contributed by atoms with E-state index in [9.17, 15) is 20.1 Å². The summed E-state index contributed by atoms with van der Waals surface area (Å²) in [5.41, 5.74) is 0. The number of hydrogen-bond acceptors (Lipinski definition) is 4. The highest BCUT2D eigenvalue weighted by atomic mass is 16.3. The van der Waals surface area contributed by atoms with E-state index in [1.807, 2.05) is 6.08 Å². The third-order valence-corrected chi connectivity index (χ3v) is 9.14. The molecule has 0 rings (SSSR count). The molecule has 262 valence electrons. The Morgan fingerprint density at radius 3 is 1.30 bits per heavy atom. The Morgan fingerprint density at radius 1 is 0.523 bits per heavy atom. The van der Waals surface area contributed by atoms with E-state index in [0.29, 0.717) is 19.3 Å². The molecule has 3 unspecified atom stereocenters. The molecule has 0 aromatic rings. The highest BCUT2D eigenvalue weighted by molar-refractivity contribution is 5.80. The maximum absolute atomic E-state index is 12.3. The number of hydrogen-bond donors (Lipinski definition) is 4. The normalized spacial score (nSPS) is 13.8. The fraction of sp³-hybridized carbons (Fsp3) is 0.923. The van der Waals surface area contributed by atoms with Crippen LogP contribution in [0.3, 0.4) is 0 Å². The van der Waals surface area contributed by atoms with Gasteiger partial charge in [-0.1, -0.05) is 187 Å². The standard InChI is InChI=1S/C39H77NO4/c1-3-5-7-9-11-13-14-15-16-17-18-19-20-21-22-23-24-25-26-28-29-31-33-37(42)36(35-41)40-39(44)38(43)34-32-30-27-12-10-8-6-4-2/h27,30,36-38,41-43H,3-26,28-29,31-35H2,1-2H3,(H,40,44)/b30-27-. The van der Waals surface area contributed by atoms with Crippen LogP contribution in [-0.2, 0) is 4.79 Å². The van der Waals surface area contributed by atoms with Crippen LogP contribution >= 0.6 is 0 Å².